The molecule has 2 aromatic rings. The third-order valence-corrected chi connectivity index (χ3v) is 4.04. The summed E-state index contributed by atoms with van der Waals surface area (Å²) in [5, 5.41) is 0. The largest absolute Gasteiger partial charge is 0.355 e. The molecule has 20 heavy (non-hydrogen) atoms. The predicted molar refractivity (Wildman–Crippen MR) is 88.0 cm³/mol. The Morgan fingerprint density at radius 3 is 2.70 bits per heavy atom. The zero-order valence-electron chi connectivity index (χ0n) is 11.9. The van der Waals surface area contributed by atoms with Crippen LogP contribution in [-0.2, 0) is 13.0 Å². The number of benzene rings is 1. The lowest BCUT2D eigenvalue weighted by molar-refractivity contribution is 0.878. The van der Waals surface area contributed by atoms with Gasteiger partial charge in [0, 0.05) is 24.3 Å². The van der Waals surface area contributed by atoms with Gasteiger partial charge in [-0.05, 0) is 42.6 Å². The van der Waals surface area contributed by atoms with Gasteiger partial charge in [0.05, 0.1) is 0 Å². The second-order valence-electron chi connectivity index (χ2n) is 4.97. The molecular weight excluding hydrogens is 314 g/mol. The van der Waals surface area contributed by atoms with E-state index in [4.69, 9.17) is 5.73 Å². The quantitative estimate of drug-likeness (QED) is 0.912. The fraction of sp³-hybridized carbons (Fsp3) is 0.312. The minimum atomic E-state index is 0.660. The summed E-state index contributed by atoms with van der Waals surface area (Å²) in [6, 6.07) is 10.4. The monoisotopic (exact) mass is 333 g/mol. The maximum atomic E-state index is 5.58. The summed E-state index contributed by atoms with van der Waals surface area (Å²) in [5.41, 5.74) is 9.22. The molecule has 0 amide bonds. The Hall–Kier alpha value is -1.39. The van der Waals surface area contributed by atoms with Gasteiger partial charge in [-0.1, -0.05) is 40.2 Å². The molecule has 0 aliphatic rings. The van der Waals surface area contributed by atoms with E-state index in [0.29, 0.717) is 6.54 Å². The van der Waals surface area contributed by atoms with Gasteiger partial charge in [0.15, 0.2) is 0 Å². The first-order valence-electron chi connectivity index (χ1n) is 6.72. The topological polar surface area (TPSA) is 42.1 Å². The van der Waals surface area contributed by atoms with Crippen LogP contribution in [0.5, 0.6) is 0 Å². The van der Waals surface area contributed by atoms with Crippen LogP contribution in [-0.4, -0.2) is 18.6 Å². The Kier molecular flexibility index (Phi) is 5.15. The number of aromatic nitrogens is 1. The van der Waals surface area contributed by atoms with Crippen molar-refractivity contribution in [1.29, 1.82) is 0 Å². The molecule has 1 aromatic heterocycles. The Labute approximate surface area is 129 Å². The highest BCUT2D eigenvalue weighted by Crippen LogP contribution is 2.22. The third-order valence-electron chi connectivity index (χ3n) is 3.27. The highest BCUT2D eigenvalue weighted by molar-refractivity contribution is 9.10. The van der Waals surface area contributed by atoms with Crippen molar-refractivity contribution in [3.05, 3.63) is 57.7 Å². The Balaban J connectivity index is 2.17. The molecule has 0 radical (unpaired) electrons. The van der Waals surface area contributed by atoms with E-state index in [2.05, 4.69) is 64.1 Å². The van der Waals surface area contributed by atoms with Crippen LogP contribution in [0.1, 0.15) is 16.7 Å². The van der Waals surface area contributed by atoms with Gasteiger partial charge in [0.25, 0.3) is 0 Å². The number of nitrogens with zero attached hydrogens (tertiary/aromatic N) is 2. The van der Waals surface area contributed by atoms with E-state index in [0.717, 1.165) is 23.3 Å². The molecule has 0 spiro atoms. The van der Waals surface area contributed by atoms with Crippen molar-refractivity contribution in [3.63, 3.8) is 0 Å². The summed E-state index contributed by atoms with van der Waals surface area (Å²) >= 11 is 3.59. The van der Waals surface area contributed by atoms with E-state index in [9.17, 15) is 0 Å². The number of anilines is 1. The number of pyridine rings is 1. The second-order valence-corrected chi connectivity index (χ2v) is 5.82. The van der Waals surface area contributed by atoms with E-state index >= 15 is 0 Å². The Bertz CT molecular complexity index is 584. The lowest BCUT2D eigenvalue weighted by Crippen LogP contribution is -2.19. The van der Waals surface area contributed by atoms with Crippen LogP contribution < -0.4 is 10.6 Å². The van der Waals surface area contributed by atoms with Gasteiger partial charge in [-0.25, -0.2) is 4.98 Å². The molecule has 0 bridgehead atoms. The Morgan fingerprint density at radius 2 is 2.05 bits per heavy atom. The van der Waals surface area contributed by atoms with Gasteiger partial charge >= 0.3 is 0 Å². The molecule has 4 heteroatoms. The zero-order chi connectivity index (χ0) is 14.5. The van der Waals surface area contributed by atoms with Crippen molar-refractivity contribution in [2.24, 2.45) is 5.73 Å². The number of hydrogen-bond donors (Lipinski definition) is 1. The smallest absolute Gasteiger partial charge is 0.131 e. The van der Waals surface area contributed by atoms with Crippen LogP contribution in [0.4, 0.5) is 5.82 Å². The molecule has 0 saturated carbocycles. The molecular formula is C16H20BrN3. The number of rotatable bonds is 5. The Morgan fingerprint density at radius 1 is 1.30 bits per heavy atom. The zero-order valence-corrected chi connectivity index (χ0v) is 13.5. The fourth-order valence-corrected chi connectivity index (χ4v) is 2.70. The van der Waals surface area contributed by atoms with Gasteiger partial charge in [0.1, 0.15) is 5.82 Å². The van der Waals surface area contributed by atoms with E-state index in [1.807, 2.05) is 12.3 Å². The molecule has 2 rings (SSSR count). The second kappa shape index (κ2) is 6.86. The molecule has 1 heterocycles. The number of nitrogens with two attached hydrogens (primary N) is 1. The summed E-state index contributed by atoms with van der Waals surface area (Å²) < 4.78 is 1.13. The molecule has 0 aliphatic carbocycles. The molecule has 0 atom stereocenters. The minimum absolute atomic E-state index is 0.660. The third kappa shape index (κ3) is 3.58. The van der Waals surface area contributed by atoms with Crippen LogP contribution >= 0.6 is 15.9 Å². The summed E-state index contributed by atoms with van der Waals surface area (Å²) in [5.74, 6) is 1.02. The average molecular weight is 334 g/mol. The van der Waals surface area contributed by atoms with Gasteiger partial charge in [-0.3, -0.25) is 0 Å². The molecule has 0 aliphatic heterocycles. The standard InChI is InChI=1S/C16H20BrN3/c1-12-9-13(7-8-18)10-19-16(12)20(2)11-14-5-3-4-6-15(14)17/h3-6,9-10H,7-8,11,18H2,1-2H3. The van der Waals surface area contributed by atoms with Crippen LogP contribution in [0.15, 0.2) is 41.0 Å². The van der Waals surface area contributed by atoms with Gasteiger partial charge < -0.3 is 10.6 Å². The summed E-state index contributed by atoms with van der Waals surface area (Å²) in [6.45, 7) is 3.58. The number of halogens is 1. The summed E-state index contributed by atoms with van der Waals surface area (Å²) in [4.78, 5) is 6.75. The fourth-order valence-electron chi connectivity index (χ4n) is 2.29. The molecule has 0 saturated heterocycles. The van der Waals surface area contributed by atoms with E-state index < -0.39 is 0 Å². The van der Waals surface area contributed by atoms with E-state index in [1.54, 1.807) is 0 Å². The van der Waals surface area contributed by atoms with Gasteiger partial charge in [-0.2, -0.15) is 0 Å². The first-order chi connectivity index (χ1) is 9.61. The van der Waals surface area contributed by atoms with E-state index in [1.165, 1.54) is 16.7 Å². The lowest BCUT2D eigenvalue weighted by atomic mass is 10.1. The molecule has 0 fully saturated rings. The van der Waals surface area contributed by atoms with Crippen molar-refractivity contribution in [1.82, 2.24) is 4.98 Å². The number of aryl methyl sites for hydroxylation is 1. The first kappa shape index (κ1) is 15.0. The van der Waals surface area contributed by atoms with Gasteiger partial charge in [-0.15, -0.1) is 0 Å². The van der Waals surface area contributed by atoms with Crippen LogP contribution in [0.2, 0.25) is 0 Å². The van der Waals surface area contributed by atoms with Gasteiger partial charge in [0.2, 0.25) is 0 Å². The number of hydrogen-bond acceptors (Lipinski definition) is 3. The SMILES string of the molecule is Cc1cc(CCN)cnc1N(C)Cc1ccccc1Br. The highest BCUT2D eigenvalue weighted by Gasteiger charge is 2.09. The van der Waals surface area contributed by atoms with Crippen molar-refractivity contribution < 1.29 is 0 Å². The van der Waals surface area contributed by atoms with Crippen molar-refractivity contribution in [2.75, 3.05) is 18.5 Å². The molecule has 3 nitrogen and oxygen atoms in total. The normalized spacial score (nSPS) is 10.6. The van der Waals surface area contributed by atoms with Crippen molar-refractivity contribution >= 4 is 21.7 Å². The first-order valence-corrected chi connectivity index (χ1v) is 7.51. The van der Waals surface area contributed by atoms with Crippen LogP contribution in [0.3, 0.4) is 0 Å². The lowest BCUT2D eigenvalue weighted by Gasteiger charge is -2.21. The molecule has 2 N–H and O–H groups in total. The summed E-state index contributed by atoms with van der Waals surface area (Å²) in [6.07, 6.45) is 2.80. The minimum Gasteiger partial charge on any atom is -0.355 e. The van der Waals surface area contributed by atoms with Crippen molar-refractivity contribution in [2.45, 2.75) is 19.9 Å². The average Bonchev–Trinajstić information content (AvgIpc) is 2.42. The summed E-state index contributed by atoms with van der Waals surface area (Å²) in [7, 11) is 2.07. The maximum Gasteiger partial charge on any atom is 0.131 e. The molecule has 106 valence electrons. The molecule has 1 aromatic carbocycles. The highest BCUT2D eigenvalue weighted by atomic mass is 79.9. The van der Waals surface area contributed by atoms with Crippen LogP contribution in [0.25, 0.3) is 0 Å². The predicted octanol–water partition coefficient (Wildman–Crippen LogP) is 3.29. The van der Waals surface area contributed by atoms with E-state index in [-0.39, 0.29) is 0 Å². The van der Waals surface area contributed by atoms with Crippen molar-refractivity contribution in [3.8, 4) is 0 Å². The molecule has 0 unspecified atom stereocenters. The maximum absolute atomic E-state index is 5.58. The van der Waals surface area contributed by atoms with Crippen LogP contribution in [0, 0.1) is 6.92 Å².